The minimum atomic E-state index is 0. The van der Waals surface area contributed by atoms with Gasteiger partial charge in [0, 0.05) is 17.1 Å². The monoisotopic (exact) mass is 614 g/mol. The molecule has 0 fully saturated rings. The standard InChI is InChI=1S/C38H80N.Li.Mn.H/c1-5-7-9-11-13-15-17-19-21-23-25-27-29-31-33-35-37-39(3,4)38-36-34-32-30-28-26-24-22-20-18-16-14-12-10-8-6-2;;;/h5-38H2,1-4H3;;;/q+1;;;. The summed E-state index contributed by atoms with van der Waals surface area (Å²) in [6.45, 7) is 7.39. The van der Waals surface area contributed by atoms with E-state index in [-0.39, 0.29) is 35.9 Å². The Morgan fingerprint density at radius 1 is 0.268 bits per heavy atom. The van der Waals surface area contributed by atoms with Gasteiger partial charge in [0.2, 0.25) is 0 Å². The molecule has 0 aromatic carbocycles. The van der Waals surface area contributed by atoms with Crippen molar-refractivity contribution in [2.24, 2.45) is 0 Å². The number of nitrogens with zero attached hydrogens (tertiary/aromatic N) is 1. The first-order chi connectivity index (χ1) is 19.1. The topological polar surface area (TPSA) is 0 Å². The van der Waals surface area contributed by atoms with Crippen LogP contribution in [0.2, 0.25) is 0 Å². The Kier molecular flexibility index (Phi) is 44.3. The molecule has 0 bridgehead atoms. The number of unbranched alkanes of at least 4 members (excludes halogenated alkanes) is 30. The summed E-state index contributed by atoms with van der Waals surface area (Å²) < 4.78 is 1.25. The molecule has 1 nitrogen and oxygen atoms in total. The fourth-order valence-corrected chi connectivity index (χ4v) is 6.29. The Morgan fingerprint density at radius 2 is 0.415 bits per heavy atom. The van der Waals surface area contributed by atoms with Crippen molar-refractivity contribution in [3.63, 3.8) is 0 Å². The van der Waals surface area contributed by atoms with E-state index in [1.165, 1.54) is 223 Å². The zero-order chi connectivity index (χ0) is 28.5. The fourth-order valence-electron chi connectivity index (χ4n) is 6.29. The molecule has 41 heavy (non-hydrogen) atoms. The first kappa shape index (κ1) is 46.5. The molecule has 245 valence electrons. The second kappa shape index (κ2) is 39.1. The van der Waals surface area contributed by atoms with Crippen molar-refractivity contribution in [3.8, 4) is 0 Å². The van der Waals surface area contributed by atoms with Crippen LogP contribution < -0.4 is 0 Å². The number of rotatable bonds is 34. The normalized spacial score (nSPS) is 11.4. The van der Waals surface area contributed by atoms with Gasteiger partial charge in [-0.25, -0.2) is 0 Å². The summed E-state index contributed by atoms with van der Waals surface area (Å²) in [5.41, 5.74) is 0. The summed E-state index contributed by atoms with van der Waals surface area (Å²) >= 11 is 0. The van der Waals surface area contributed by atoms with Gasteiger partial charge in [-0.2, -0.15) is 0 Å². The van der Waals surface area contributed by atoms with E-state index in [0.29, 0.717) is 0 Å². The van der Waals surface area contributed by atoms with Gasteiger partial charge in [-0.05, 0) is 25.7 Å². The van der Waals surface area contributed by atoms with E-state index in [0.717, 1.165) is 0 Å². The SMILES string of the molecule is CCCCCCCCCCCCCCCCCC[N+](C)(C)CCCCCCCCCCCCCCCCCC.[LiH].[Mn]. The van der Waals surface area contributed by atoms with Gasteiger partial charge >= 0.3 is 18.9 Å². The molecule has 0 aliphatic carbocycles. The van der Waals surface area contributed by atoms with Crippen molar-refractivity contribution in [2.75, 3.05) is 27.2 Å². The van der Waals surface area contributed by atoms with Crippen LogP contribution in [-0.2, 0) is 17.1 Å². The zero-order valence-corrected chi connectivity index (χ0v) is 30.0. The molecule has 0 aromatic heterocycles. The van der Waals surface area contributed by atoms with E-state index in [1.807, 2.05) is 0 Å². The van der Waals surface area contributed by atoms with Crippen molar-refractivity contribution in [1.82, 2.24) is 0 Å². The van der Waals surface area contributed by atoms with E-state index >= 15 is 0 Å². The van der Waals surface area contributed by atoms with E-state index in [2.05, 4.69) is 27.9 Å². The van der Waals surface area contributed by atoms with Crippen LogP contribution in [0.5, 0.6) is 0 Å². The molecule has 0 aromatic rings. The summed E-state index contributed by atoms with van der Waals surface area (Å²) in [7, 11) is 4.94. The number of hydrogen-bond donors (Lipinski definition) is 0. The van der Waals surface area contributed by atoms with E-state index in [1.54, 1.807) is 0 Å². The predicted molar refractivity (Wildman–Crippen MR) is 188 cm³/mol. The van der Waals surface area contributed by atoms with Crippen molar-refractivity contribution < 1.29 is 21.6 Å². The summed E-state index contributed by atoms with van der Waals surface area (Å²) in [5.74, 6) is 0. The molecule has 0 atom stereocenters. The number of hydrogen-bond acceptors (Lipinski definition) is 0. The maximum absolute atomic E-state index is 2.47. The van der Waals surface area contributed by atoms with Crippen molar-refractivity contribution >= 4 is 18.9 Å². The van der Waals surface area contributed by atoms with Crippen LogP contribution >= 0.6 is 0 Å². The zero-order valence-electron chi connectivity index (χ0n) is 28.9. The molecule has 0 unspecified atom stereocenters. The summed E-state index contributed by atoms with van der Waals surface area (Å²) in [6, 6.07) is 0. The van der Waals surface area contributed by atoms with Gasteiger partial charge in [0.05, 0.1) is 27.2 Å². The van der Waals surface area contributed by atoms with E-state index in [4.69, 9.17) is 0 Å². The molecule has 0 heterocycles. The molecule has 0 rings (SSSR count). The maximum atomic E-state index is 2.47. The Hall–Kier alpha value is 1.08. The molecule has 0 saturated heterocycles. The van der Waals surface area contributed by atoms with E-state index in [9.17, 15) is 0 Å². The molecule has 0 amide bonds. The van der Waals surface area contributed by atoms with Crippen LogP contribution in [0, 0.1) is 0 Å². The number of quaternary nitrogens is 1. The molecule has 1 radical (unpaired) electrons. The van der Waals surface area contributed by atoms with Crippen LogP contribution in [0.3, 0.4) is 0 Å². The second-order valence-electron chi connectivity index (χ2n) is 14.0. The van der Waals surface area contributed by atoms with Crippen LogP contribution in [0.1, 0.15) is 219 Å². The third-order valence-corrected chi connectivity index (χ3v) is 9.23. The molecule has 0 spiro atoms. The van der Waals surface area contributed by atoms with E-state index < -0.39 is 0 Å². The largest absolute Gasteiger partial charge is 0 e. The Labute approximate surface area is 285 Å². The van der Waals surface area contributed by atoms with Gasteiger partial charge in [-0.3, -0.25) is 0 Å². The van der Waals surface area contributed by atoms with Gasteiger partial charge in [0.15, 0.2) is 0 Å². The average molecular weight is 614 g/mol. The quantitative estimate of drug-likeness (QED) is 0.0385. The Balaban J connectivity index is -0.00000722. The summed E-state index contributed by atoms with van der Waals surface area (Å²) in [4.78, 5) is 0. The van der Waals surface area contributed by atoms with Crippen molar-refractivity contribution in [1.29, 1.82) is 0 Å². The molecule has 3 heteroatoms. The Morgan fingerprint density at radius 3 is 0.585 bits per heavy atom. The van der Waals surface area contributed by atoms with Gasteiger partial charge in [0.25, 0.3) is 0 Å². The summed E-state index contributed by atoms with van der Waals surface area (Å²) in [6.07, 6.45) is 46.9. The van der Waals surface area contributed by atoms with Crippen LogP contribution in [-0.4, -0.2) is 50.5 Å². The van der Waals surface area contributed by atoms with Crippen LogP contribution in [0.25, 0.3) is 0 Å². The van der Waals surface area contributed by atoms with Gasteiger partial charge in [-0.1, -0.05) is 194 Å². The minimum Gasteiger partial charge on any atom is 0 e. The molecule has 0 saturated carbocycles. The van der Waals surface area contributed by atoms with Crippen LogP contribution in [0.4, 0.5) is 0 Å². The fraction of sp³-hybridized carbons (Fsp3) is 1.00. The molecule has 0 N–H and O–H groups in total. The third-order valence-electron chi connectivity index (χ3n) is 9.23. The second-order valence-corrected chi connectivity index (χ2v) is 14.0. The molecule has 0 aliphatic rings. The Bertz CT molecular complexity index is 404. The van der Waals surface area contributed by atoms with Gasteiger partial charge in [-0.15, -0.1) is 0 Å². The minimum absolute atomic E-state index is 0. The van der Waals surface area contributed by atoms with Crippen LogP contribution in [0.15, 0.2) is 0 Å². The molecular formula is C38H81LiMnN+. The van der Waals surface area contributed by atoms with Crippen molar-refractivity contribution in [2.45, 2.75) is 219 Å². The van der Waals surface area contributed by atoms with Gasteiger partial charge in [0.1, 0.15) is 0 Å². The molecule has 0 aliphatic heterocycles. The third kappa shape index (κ3) is 41.1. The first-order valence-electron chi connectivity index (χ1n) is 18.9. The summed E-state index contributed by atoms with van der Waals surface area (Å²) in [5, 5.41) is 0. The maximum Gasteiger partial charge on any atom is 0 e. The average Bonchev–Trinajstić information content (AvgIpc) is 2.92. The smallest absolute Gasteiger partial charge is 0 e. The molecular weight excluding hydrogens is 532 g/mol. The van der Waals surface area contributed by atoms with Gasteiger partial charge < -0.3 is 4.48 Å². The predicted octanol–water partition coefficient (Wildman–Crippen LogP) is 12.9. The van der Waals surface area contributed by atoms with Crippen molar-refractivity contribution in [3.05, 3.63) is 0 Å². The first-order valence-corrected chi connectivity index (χ1v) is 18.9.